The molecule has 1 atom stereocenters. The second-order valence-electron chi connectivity index (χ2n) is 3.43. The predicted octanol–water partition coefficient (Wildman–Crippen LogP) is 1.83. The fourth-order valence-electron chi connectivity index (χ4n) is 1.30. The number of H-pyrrole nitrogens is 1. The van der Waals surface area contributed by atoms with E-state index in [1.54, 1.807) is 11.6 Å². The van der Waals surface area contributed by atoms with E-state index in [1.807, 2.05) is 13.1 Å². The van der Waals surface area contributed by atoms with Gasteiger partial charge in [0.2, 0.25) is 0 Å². The lowest BCUT2D eigenvalue weighted by Gasteiger charge is -2.09. The number of nitrogens with zero attached hydrogens (tertiary/aromatic N) is 2. The molecule has 6 nitrogen and oxygen atoms in total. The van der Waals surface area contributed by atoms with E-state index in [0.29, 0.717) is 10.8 Å². The molecule has 0 radical (unpaired) electrons. The van der Waals surface area contributed by atoms with E-state index in [1.165, 1.54) is 18.4 Å². The molecule has 2 heterocycles. The Balaban J connectivity index is 2.04. The molecule has 0 aliphatic heterocycles. The van der Waals surface area contributed by atoms with E-state index < -0.39 is 5.97 Å². The summed E-state index contributed by atoms with van der Waals surface area (Å²) >= 11 is 1.37. The molecule has 0 bridgehead atoms. The number of nitrogens with one attached hydrogen (secondary N) is 2. The first-order valence-corrected chi connectivity index (χ1v) is 5.87. The van der Waals surface area contributed by atoms with Crippen LogP contribution < -0.4 is 5.32 Å². The Kier molecular flexibility index (Phi) is 3.38. The van der Waals surface area contributed by atoms with Crippen LogP contribution in [-0.2, 0) is 4.74 Å². The van der Waals surface area contributed by atoms with Crippen molar-refractivity contribution >= 4 is 22.4 Å². The molecule has 7 heteroatoms. The Bertz CT molecular complexity index is 494. The Morgan fingerprint density at radius 2 is 2.47 bits per heavy atom. The number of hydrogen-bond acceptors (Lipinski definition) is 6. The molecule has 90 valence electrons. The molecule has 0 aromatic carbocycles. The third-order valence-electron chi connectivity index (χ3n) is 2.26. The van der Waals surface area contributed by atoms with Crippen molar-refractivity contribution in [3.63, 3.8) is 0 Å². The Morgan fingerprint density at radius 3 is 3.12 bits per heavy atom. The van der Waals surface area contributed by atoms with E-state index in [-0.39, 0.29) is 6.04 Å². The van der Waals surface area contributed by atoms with E-state index in [2.05, 4.69) is 25.2 Å². The smallest absolute Gasteiger partial charge is 0.357 e. The average Bonchev–Trinajstić information content (AvgIpc) is 2.98. The van der Waals surface area contributed by atoms with Crippen LogP contribution in [0.5, 0.6) is 0 Å². The van der Waals surface area contributed by atoms with Gasteiger partial charge in [-0.25, -0.2) is 9.78 Å². The number of esters is 1. The number of carbonyl (C=O) groups is 1. The fourth-order valence-corrected chi connectivity index (χ4v) is 2.07. The summed E-state index contributed by atoms with van der Waals surface area (Å²) < 4.78 is 4.59. The van der Waals surface area contributed by atoms with Gasteiger partial charge >= 0.3 is 5.97 Å². The highest BCUT2D eigenvalue weighted by Crippen LogP contribution is 2.21. The van der Waals surface area contributed by atoms with E-state index in [9.17, 15) is 4.79 Å². The fraction of sp³-hybridized carbons (Fsp3) is 0.300. The first kappa shape index (κ1) is 11.6. The molecule has 0 saturated heterocycles. The molecule has 2 aromatic heterocycles. The highest BCUT2D eigenvalue weighted by atomic mass is 32.1. The molecule has 0 saturated carbocycles. The van der Waals surface area contributed by atoms with Crippen molar-refractivity contribution in [1.29, 1.82) is 0 Å². The Morgan fingerprint density at radius 1 is 1.65 bits per heavy atom. The summed E-state index contributed by atoms with van der Waals surface area (Å²) in [4.78, 5) is 15.4. The lowest BCUT2D eigenvalue weighted by Crippen LogP contribution is -2.06. The molecule has 0 aliphatic rings. The van der Waals surface area contributed by atoms with Crippen LogP contribution in [-0.4, -0.2) is 28.3 Å². The van der Waals surface area contributed by atoms with Crippen molar-refractivity contribution in [3.05, 3.63) is 29.0 Å². The quantitative estimate of drug-likeness (QED) is 0.811. The van der Waals surface area contributed by atoms with Gasteiger partial charge in [-0.15, -0.1) is 11.3 Å². The highest BCUT2D eigenvalue weighted by molar-refractivity contribution is 7.13. The molecule has 0 amide bonds. The largest absolute Gasteiger partial charge is 0.464 e. The number of thiazole rings is 1. The molecular weight excluding hydrogens is 240 g/mol. The van der Waals surface area contributed by atoms with Crippen LogP contribution in [0, 0.1) is 0 Å². The summed E-state index contributed by atoms with van der Waals surface area (Å²) in [6.45, 7) is 1.99. The maximum Gasteiger partial charge on any atom is 0.357 e. The number of ether oxygens (including phenoxy) is 1. The molecule has 0 aliphatic carbocycles. The lowest BCUT2D eigenvalue weighted by molar-refractivity contribution is 0.0595. The number of carbonyl (C=O) groups excluding carboxylic acids is 1. The standard InChI is InChI=1S/C10H12N4O2S/c1-6(7-3-11-12-4-7)13-10-14-8(5-17-10)9(15)16-2/h3-6H,1-2H3,(H,11,12)(H,13,14). The summed E-state index contributed by atoms with van der Waals surface area (Å²) in [6, 6.07) is 0.0744. The van der Waals surface area contributed by atoms with Gasteiger partial charge in [-0.1, -0.05) is 0 Å². The summed E-state index contributed by atoms with van der Waals surface area (Å²) in [5.41, 5.74) is 1.35. The van der Waals surface area contributed by atoms with Gasteiger partial charge in [0.05, 0.1) is 19.3 Å². The van der Waals surface area contributed by atoms with Gasteiger partial charge in [0.1, 0.15) is 0 Å². The number of methoxy groups -OCH3 is 1. The minimum absolute atomic E-state index is 0.0744. The van der Waals surface area contributed by atoms with Crippen molar-refractivity contribution in [2.24, 2.45) is 0 Å². The first-order valence-electron chi connectivity index (χ1n) is 4.99. The third kappa shape index (κ3) is 2.62. The zero-order valence-electron chi connectivity index (χ0n) is 9.43. The number of anilines is 1. The van der Waals surface area contributed by atoms with E-state index in [0.717, 1.165) is 5.56 Å². The molecule has 0 fully saturated rings. The molecule has 17 heavy (non-hydrogen) atoms. The van der Waals surface area contributed by atoms with Gasteiger partial charge in [-0.2, -0.15) is 5.10 Å². The van der Waals surface area contributed by atoms with Crippen LogP contribution in [0.4, 0.5) is 5.13 Å². The number of rotatable bonds is 4. The summed E-state index contributed by atoms with van der Waals surface area (Å²) in [7, 11) is 1.34. The van der Waals surface area contributed by atoms with Crippen molar-refractivity contribution in [2.75, 3.05) is 12.4 Å². The topological polar surface area (TPSA) is 79.9 Å². The van der Waals surface area contributed by atoms with Crippen molar-refractivity contribution in [1.82, 2.24) is 15.2 Å². The summed E-state index contributed by atoms with van der Waals surface area (Å²) in [5, 5.41) is 12.1. The summed E-state index contributed by atoms with van der Waals surface area (Å²) in [5.74, 6) is -0.426. The third-order valence-corrected chi connectivity index (χ3v) is 3.03. The van der Waals surface area contributed by atoms with E-state index >= 15 is 0 Å². The maximum absolute atomic E-state index is 11.2. The first-order chi connectivity index (χ1) is 8.20. The second kappa shape index (κ2) is 4.96. The van der Waals surface area contributed by atoms with Crippen LogP contribution in [0.25, 0.3) is 0 Å². The molecule has 1 unspecified atom stereocenters. The van der Waals surface area contributed by atoms with Crippen LogP contribution >= 0.6 is 11.3 Å². The van der Waals surface area contributed by atoms with Gasteiger partial charge in [0.15, 0.2) is 10.8 Å². The second-order valence-corrected chi connectivity index (χ2v) is 4.29. The zero-order valence-corrected chi connectivity index (χ0v) is 10.2. The minimum atomic E-state index is -0.426. The Hall–Kier alpha value is -1.89. The molecule has 2 aromatic rings. The molecule has 0 spiro atoms. The van der Waals surface area contributed by atoms with Crippen molar-refractivity contribution < 1.29 is 9.53 Å². The van der Waals surface area contributed by atoms with E-state index in [4.69, 9.17) is 0 Å². The molecular formula is C10H12N4O2S. The number of aromatic nitrogens is 3. The number of aromatic amines is 1. The normalized spacial score (nSPS) is 12.1. The Labute approximate surface area is 102 Å². The predicted molar refractivity (Wildman–Crippen MR) is 64.1 cm³/mol. The van der Waals surface area contributed by atoms with Crippen LogP contribution in [0.3, 0.4) is 0 Å². The van der Waals surface area contributed by atoms with Gasteiger partial charge in [0.25, 0.3) is 0 Å². The molecule has 2 rings (SSSR count). The van der Waals surface area contributed by atoms with Gasteiger partial charge in [-0.3, -0.25) is 5.10 Å². The van der Waals surface area contributed by atoms with Crippen LogP contribution in [0.2, 0.25) is 0 Å². The SMILES string of the molecule is COC(=O)c1csc(NC(C)c2cn[nH]c2)n1. The maximum atomic E-state index is 11.2. The van der Waals surface area contributed by atoms with Crippen LogP contribution in [0.1, 0.15) is 29.0 Å². The van der Waals surface area contributed by atoms with Gasteiger partial charge in [-0.05, 0) is 6.92 Å². The average molecular weight is 252 g/mol. The monoisotopic (exact) mass is 252 g/mol. The van der Waals surface area contributed by atoms with Crippen LogP contribution in [0.15, 0.2) is 17.8 Å². The minimum Gasteiger partial charge on any atom is -0.464 e. The zero-order chi connectivity index (χ0) is 12.3. The number of hydrogen-bond donors (Lipinski definition) is 2. The van der Waals surface area contributed by atoms with Crippen molar-refractivity contribution in [3.8, 4) is 0 Å². The summed E-state index contributed by atoms with van der Waals surface area (Å²) in [6.07, 6.45) is 3.55. The lowest BCUT2D eigenvalue weighted by atomic mass is 10.2. The highest BCUT2D eigenvalue weighted by Gasteiger charge is 2.13. The van der Waals surface area contributed by atoms with Gasteiger partial charge in [0, 0.05) is 17.1 Å². The van der Waals surface area contributed by atoms with Gasteiger partial charge < -0.3 is 10.1 Å². The molecule has 2 N–H and O–H groups in total. The van der Waals surface area contributed by atoms with Crippen molar-refractivity contribution in [2.45, 2.75) is 13.0 Å².